The Balaban J connectivity index is 1.89. The molecule has 1 fully saturated rings. The van der Waals surface area contributed by atoms with E-state index < -0.39 is 29.3 Å². The minimum Gasteiger partial charge on any atom is -0.507 e. The number of carbonyl (C=O) groups excluding carboxylic acids is 2. The van der Waals surface area contributed by atoms with Gasteiger partial charge in [0.25, 0.3) is 11.7 Å². The molecule has 2 aromatic carbocycles. The molecule has 0 bridgehead atoms. The van der Waals surface area contributed by atoms with Crippen molar-refractivity contribution < 1.29 is 23.5 Å². The second-order valence-electron chi connectivity index (χ2n) is 6.53. The molecule has 2 heterocycles. The van der Waals surface area contributed by atoms with Crippen molar-refractivity contribution in [3.63, 3.8) is 0 Å². The summed E-state index contributed by atoms with van der Waals surface area (Å²) in [6.07, 6.45) is 1.44. The van der Waals surface area contributed by atoms with Crippen LogP contribution in [0.3, 0.4) is 0 Å². The zero-order valence-electron chi connectivity index (χ0n) is 15.0. The van der Waals surface area contributed by atoms with Crippen molar-refractivity contribution in [2.45, 2.75) is 12.6 Å². The molecule has 0 radical (unpaired) electrons. The topological polar surface area (TPSA) is 70.8 Å². The predicted octanol–water partition coefficient (Wildman–Crippen LogP) is 4.69. The summed E-state index contributed by atoms with van der Waals surface area (Å²) in [7, 11) is 0. The van der Waals surface area contributed by atoms with Crippen LogP contribution in [0.4, 0.5) is 4.39 Å². The first kappa shape index (κ1) is 19.0. The largest absolute Gasteiger partial charge is 0.507 e. The van der Waals surface area contributed by atoms with E-state index in [1.54, 1.807) is 30.3 Å². The van der Waals surface area contributed by atoms with E-state index in [0.717, 1.165) is 0 Å². The number of hydrogen-bond donors (Lipinski definition) is 1. The van der Waals surface area contributed by atoms with Gasteiger partial charge in [-0.15, -0.1) is 0 Å². The minimum absolute atomic E-state index is 0.0476. The van der Waals surface area contributed by atoms with E-state index in [0.29, 0.717) is 16.3 Å². The summed E-state index contributed by atoms with van der Waals surface area (Å²) in [5, 5.41) is 11.3. The molecule has 4 rings (SSSR count). The van der Waals surface area contributed by atoms with Gasteiger partial charge in [-0.3, -0.25) is 9.59 Å². The van der Waals surface area contributed by atoms with Gasteiger partial charge < -0.3 is 14.4 Å². The van der Waals surface area contributed by atoms with Crippen molar-refractivity contribution in [3.05, 3.63) is 100 Å². The van der Waals surface area contributed by atoms with E-state index in [-0.39, 0.29) is 17.7 Å². The van der Waals surface area contributed by atoms with Gasteiger partial charge in [-0.1, -0.05) is 29.8 Å². The van der Waals surface area contributed by atoms with Gasteiger partial charge in [0, 0.05) is 16.1 Å². The summed E-state index contributed by atoms with van der Waals surface area (Å²) in [6.45, 7) is -0.0476. The third-order valence-electron chi connectivity index (χ3n) is 4.76. The molecule has 0 unspecified atom stereocenters. The fraction of sp³-hybridized carbons (Fsp3) is 0.0909. The average Bonchev–Trinajstić information content (AvgIpc) is 3.31. The van der Waals surface area contributed by atoms with Crippen LogP contribution in [0, 0.1) is 5.82 Å². The number of Topliss-reactive ketones (excluding diaryl/α,β-unsaturated/α-hetero) is 1. The van der Waals surface area contributed by atoms with Crippen molar-refractivity contribution in [2.24, 2.45) is 0 Å². The molecule has 1 saturated heterocycles. The maximum absolute atomic E-state index is 14.6. The molecule has 3 aromatic rings. The molecule has 1 aliphatic rings. The first-order valence-corrected chi connectivity index (χ1v) is 9.16. The van der Waals surface area contributed by atoms with Crippen LogP contribution in [0.15, 0.2) is 76.9 Å². The first-order chi connectivity index (χ1) is 14.0. The van der Waals surface area contributed by atoms with Gasteiger partial charge in [0.2, 0.25) is 0 Å². The Kier molecular flexibility index (Phi) is 4.94. The molecule has 1 amide bonds. The molecule has 1 aliphatic heterocycles. The van der Waals surface area contributed by atoms with Crippen LogP contribution in [0.2, 0.25) is 5.02 Å². The molecule has 0 saturated carbocycles. The van der Waals surface area contributed by atoms with E-state index in [1.165, 1.54) is 41.5 Å². The molecular weight excluding hydrogens is 397 g/mol. The monoisotopic (exact) mass is 411 g/mol. The third-order valence-corrected chi connectivity index (χ3v) is 5.02. The van der Waals surface area contributed by atoms with Crippen LogP contribution in [0.1, 0.15) is 22.9 Å². The number of halogens is 2. The van der Waals surface area contributed by atoms with E-state index in [9.17, 15) is 19.1 Å². The van der Waals surface area contributed by atoms with Gasteiger partial charge in [0.05, 0.1) is 24.4 Å². The maximum atomic E-state index is 14.6. The number of rotatable bonds is 4. The lowest BCUT2D eigenvalue weighted by molar-refractivity contribution is -0.140. The number of ketones is 1. The van der Waals surface area contributed by atoms with Crippen LogP contribution < -0.4 is 0 Å². The van der Waals surface area contributed by atoms with Gasteiger partial charge in [-0.2, -0.15) is 0 Å². The third kappa shape index (κ3) is 3.43. The number of aliphatic hydroxyl groups excluding tert-OH is 1. The second kappa shape index (κ2) is 7.56. The second-order valence-corrected chi connectivity index (χ2v) is 6.97. The quantitative estimate of drug-likeness (QED) is 0.384. The Hall–Kier alpha value is -3.38. The molecule has 146 valence electrons. The first-order valence-electron chi connectivity index (χ1n) is 8.78. The summed E-state index contributed by atoms with van der Waals surface area (Å²) in [6, 6.07) is 14.2. The molecule has 0 aliphatic carbocycles. The fourth-order valence-corrected chi connectivity index (χ4v) is 3.52. The molecule has 1 atom stereocenters. The molecular formula is C22H15ClFNO4. The number of likely N-dealkylation sites (tertiary alicyclic amines) is 1. The molecule has 7 heteroatoms. The summed E-state index contributed by atoms with van der Waals surface area (Å²) in [5.74, 6) is -2.29. The smallest absolute Gasteiger partial charge is 0.296 e. The zero-order valence-corrected chi connectivity index (χ0v) is 15.8. The van der Waals surface area contributed by atoms with E-state index in [4.69, 9.17) is 16.0 Å². The number of hydrogen-bond acceptors (Lipinski definition) is 4. The Morgan fingerprint density at radius 1 is 1.07 bits per heavy atom. The highest BCUT2D eigenvalue weighted by atomic mass is 35.5. The van der Waals surface area contributed by atoms with Gasteiger partial charge in [-0.05, 0) is 42.5 Å². The summed E-state index contributed by atoms with van der Waals surface area (Å²) >= 11 is 5.89. The molecule has 1 aromatic heterocycles. The Bertz CT molecular complexity index is 1110. The lowest BCUT2D eigenvalue weighted by Crippen LogP contribution is -2.29. The van der Waals surface area contributed by atoms with Crippen LogP contribution in [0.5, 0.6) is 0 Å². The van der Waals surface area contributed by atoms with Crippen LogP contribution >= 0.6 is 11.6 Å². The standard InChI is InChI=1S/C22H15ClFNO4/c23-14-9-7-13(8-10-14)20(26)18-19(16-5-1-2-6-17(16)24)25(22(28)21(18)27)12-15-4-3-11-29-15/h1-11,19,26H,12H2/b20-18+/t19-/m0/s1. The van der Waals surface area contributed by atoms with Gasteiger partial charge in [0.1, 0.15) is 17.3 Å². The van der Waals surface area contributed by atoms with Crippen LogP contribution in [-0.2, 0) is 16.1 Å². The van der Waals surface area contributed by atoms with Crippen molar-refractivity contribution in [2.75, 3.05) is 0 Å². The van der Waals surface area contributed by atoms with Crippen molar-refractivity contribution in [3.8, 4) is 0 Å². The number of aliphatic hydroxyl groups is 1. The van der Waals surface area contributed by atoms with Gasteiger partial charge >= 0.3 is 0 Å². The summed E-state index contributed by atoms with van der Waals surface area (Å²) in [4.78, 5) is 26.8. The fourth-order valence-electron chi connectivity index (χ4n) is 3.40. The highest BCUT2D eigenvalue weighted by Crippen LogP contribution is 2.41. The van der Waals surface area contributed by atoms with Crippen LogP contribution in [-0.4, -0.2) is 21.7 Å². The zero-order chi connectivity index (χ0) is 20.5. The molecule has 1 N–H and O–H groups in total. The number of furan rings is 1. The molecule has 0 spiro atoms. The Labute approximate surface area is 170 Å². The highest BCUT2D eigenvalue weighted by Gasteiger charge is 2.47. The number of nitrogens with zero attached hydrogens (tertiary/aromatic N) is 1. The van der Waals surface area contributed by atoms with Crippen molar-refractivity contribution in [1.82, 2.24) is 4.90 Å². The number of carbonyl (C=O) groups is 2. The maximum Gasteiger partial charge on any atom is 0.296 e. The van der Waals surface area contributed by atoms with E-state index in [1.807, 2.05) is 0 Å². The van der Waals surface area contributed by atoms with E-state index >= 15 is 0 Å². The Morgan fingerprint density at radius 2 is 1.79 bits per heavy atom. The van der Waals surface area contributed by atoms with E-state index in [2.05, 4.69) is 0 Å². The van der Waals surface area contributed by atoms with Gasteiger partial charge in [-0.25, -0.2) is 4.39 Å². The molecule has 5 nitrogen and oxygen atoms in total. The van der Waals surface area contributed by atoms with Crippen LogP contribution in [0.25, 0.3) is 5.76 Å². The van der Waals surface area contributed by atoms with Gasteiger partial charge in [0.15, 0.2) is 0 Å². The number of benzene rings is 2. The average molecular weight is 412 g/mol. The van der Waals surface area contributed by atoms with Crippen molar-refractivity contribution in [1.29, 1.82) is 0 Å². The molecule has 29 heavy (non-hydrogen) atoms. The lowest BCUT2D eigenvalue weighted by atomic mass is 9.95. The summed E-state index contributed by atoms with van der Waals surface area (Å²) in [5.41, 5.74) is 0.217. The van der Waals surface area contributed by atoms with Crippen molar-refractivity contribution >= 4 is 29.1 Å². The predicted molar refractivity (Wildman–Crippen MR) is 104 cm³/mol. The number of amides is 1. The highest BCUT2D eigenvalue weighted by molar-refractivity contribution is 6.46. The normalized spacial score (nSPS) is 18.4. The minimum atomic E-state index is -1.10. The lowest BCUT2D eigenvalue weighted by Gasteiger charge is -2.24. The Morgan fingerprint density at radius 3 is 2.45 bits per heavy atom. The summed E-state index contributed by atoms with van der Waals surface area (Å²) < 4.78 is 19.9. The SMILES string of the molecule is O=C1C(=O)N(Cc2ccco2)[C@@H](c2ccccc2F)/C1=C(\O)c1ccc(Cl)cc1.